The number of carbonyl (C=O) groups is 4. The maximum absolute atomic E-state index is 13.3. The zero-order valence-corrected chi connectivity index (χ0v) is 21.0. The van der Waals surface area contributed by atoms with Gasteiger partial charge < -0.3 is 25.3 Å². The summed E-state index contributed by atoms with van der Waals surface area (Å²) in [4.78, 5) is 56.8. The van der Waals surface area contributed by atoms with E-state index in [4.69, 9.17) is 10.2 Å². The van der Waals surface area contributed by atoms with Gasteiger partial charge in [-0.3, -0.25) is 14.4 Å². The summed E-state index contributed by atoms with van der Waals surface area (Å²) < 4.78 is 0. The first-order chi connectivity index (χ1) is 17.1. The molecule has 1 aromatic carbocycles. The van der Waals surface area contributed by atoms with Gasteiger partial charge in [0.15, 0.2) is 0 Å². The number of hydrogen-bond acceptors (Lipinski definition) is 6. The number of carbonyl (C=O) groups excluding carboxylic acids is 2. The van der Waals surface area contributed by atoms with Crippen molar-refractivity contribution in [1.82, 2.24) is 20.1 Å². The van der Waals surface area contributed by atoms with Gasteiger partial charge in [0.25, 0.3) is 5.91 Å². The number of piperazine rings is 1. The number of aliphatic carboxylic acids is 1. The van der Waals surface area contributed by atoms with Gasteiger partial charge in [0.1, 0.15) is 11.7 Å². The minimum absolute atomic E-state index is 0.0922. The molecule has 1 aliphatic rings. The Kier molecular flexibility index (Phi) is 9.29. The molecule has 192 valence electrons. The predicted octanol–water partition coefficient (Wildman–Crippen LogP) is 3.03. The van der Waals surface area contributed by atoms with Crippen LogP contribution in [0.15, 0.2) is 47.4 Å². The molecular weight excluding hydrogens is 484 g/mol. The smallest absolute Gasteiger partial charge is 0.407 e. The molecule has 11 heteroatoms. The number of nitrogens with one attached hydrogen (secondary N) is 1. The van der Waals surface area contributed by atoms with Gasteiger partial charge in [0.2, 0.25) is 5.91 Å². The summed E-state index contributed by atoms with van der Waals surface area (Å²) in [5, 5.41) is 21.2. The predicted molar refractivity (Wildman–Crippen MR) is 135 cm³/mol. The van der Waals surface area contributed by atoms with Gasteiger partial charge >= 0.3 is 12.1 Å². The Hall–Kier alpha value is -3.60. The van der Waals surface area contributed by atoms with Crippen LogP contribution in [0.4, 0.5) is 4.79 Å². The van der Waals surface area contributed by atoms with Crippen molar-refractivity contribution < 1.29 is 29.4 Å². The Morgan fingerprint density at radius 1 is 1.00 bits per heavy atom. The zero-order valence-electron chi connectivity index (χ0n) is 20.2. The third kappa shape index (κ3) is 7.45. The lowest BCUT2D eigenvalue weighted by atomic mass is 10.1. The number of rotatable bonds is 9. The molecule has 2 heterocycles. The van der Waals surface area contributed by atoms with E-state index >= 15 is 0 Å². The van der Waals surface area contributed by atoms with Crippen LogP contribution in [0.1, 0.15) is 37.2 Å². The van der Waals surface area contributed by atoms with E-state index in [0.29, 0.717) is 5.69 Å². The lowest BCUT2D eigenvalue weighted by molar-refractivity contribution is -0.138. The Bertz CT molecular complexity index is 1100. The molecule has 0 unspecified atom stereocenters. The summed E-state index contributed by atoms with van der Waals surface area (Å²) in [5.41, 5.74) is 1.58. The lowest BCUT2D eigenvalue weighted by Crippen LogP contribution is -2.55. The third-order valence-corrected chi connectivity index (χ3v) is 6.56. The summed E-state index contributed by atoms with van der Waals surface area (Å²) >= 11 is 1.58. The highest BCUT2D eigenvalue weighted by atomic mass is 32.2. The molecule has 1 atom stereocenters. The van der Waals surface area contributed by atoms with E-state index in [-0.39, 0.29) is 50.0 Å². The minimum Gasteiger partial charge on any atom is -0.481 e. The van der Waals surface area contributed by atoms with Gasteiger partial charge in [-0.1, -0.05) is 44.2 Å². The maximum atomic E-state index is 13.3. The Morgan fingerprint density at radius 2 is 1.64 bits per heavy atom. The first-order valence-corrected chi connectivity index (χ1v) is 12.6. The fourth-order valence-electron chi connectivity index (χ4n) is 3.81. The quantitative estimate of drug-likeness (QED) is 0.434. The Morgan fingerprint density at radius 3 is 2.22 bits per heavy atom. The second-order valence-electron chi connectivity index (χ2n) is 8.66. The van der Waals surface area contributed by atoms with Crippen molar-refractivity contribution in [3.63, 3.8) is 0 Å². The third-order valence-electron chi connectivity index (χ3n) is 5.59. The second-order valence-corrected chi connectivity index (χ2v) is 10.3. The number of pyridine rings is 1. The van der Waals surface area contributed by atoms with Gasteiger partial charge in [0, 0.05) is 48.3 Å². The van der Waals surface area contributed by atoms with E-state index in [1.807, 2.05) is 50.2 Å². The molecule has 1 aromatic heterocycles. The van der Waals surface area contributed by atoms with Gasteiger partial charge in [-0.05, 0) is 18.6 Å². The topological polar surface area (TPSA) is 140 Å². The van der Waals surface area contributed by atoms with Crippen molar-refractivity contribution in [2.45, 2.75) is 42.9 Å². The van der Waals surface area contributed by atoms with Crippen LogP contribution in [0.25, 0.3) is 11.3 Å². The molecule has 0 aliphatic carbocycles. The van der Waals surface area contributed by atoms with Crippen molar-refractivity contribution in [2.24, 2.45) is 0 Å². The average molecular weight is 515 g/mol. The first kappa shape index (κ1) is 27.0. The van der Waals surface area contributed by atoms with Crippen LogP contribution >= 0.6 is 11.8 Å². The van der Waals surface area contributed by atoms with E-state index in [1.165, 1.54) is 9.80 Å². The molecule has 0 radical (unpaired) electrons. The lowest BCUT2D eigenvalue weighted by Gasteiger charge is -2.35. The number of benzene rings is 1. The van der Waals surface area contributed by atoms with E-state index in [2.05, 4.69) is 10.3 Å². The van der Waals surface area contributed by atoms with E-state index in [9.17, 15) is 19.2 Å². The molecule has 36 heavy (non-hydrogen) atoms. The standard InChI is InChI=1S/C25H30N4O6S/c1-16(2)36-18-14-20(17-6-4-3-5-7-17)26-21(15-18)23(32)27-19(8-9-22(30)31)24(33)28-10-12-29(13-11-28)25(34)35/h3-7,14-16,19H,8-13H2,1-2H3,(H,27,32)(H,30,31)(H,34,35)/t19-/m0/s1. The molecule has 3 N–H and O–H groups in total. The van der Waals surface area contributed by atoms with Crippen LogP contribution in [0.5, 0.6) is 0 Å². The summed E-state index contributed by atoms with van der Waals surface area (Å²) in [6, 6.07) is 11.9. The highest BCUT2D eigenvalue weighted by molar-refractivity contribution is 7.99. The highest BCUT2D eigenvalue weighted by Gasteiger charge is 2.31. The average Bonchev–Trinajstić information content (AvgIpc) is 2.85. The largest absolute Gasteiger partial charge is 0.481 e. The number of hydrogen-bond donors (Lipinski definition) is 3. The number of nitrogens with zero attached hydrogens (tertiary/aromatic N) is 3. The summed E-state index contributed by atoms with van der Waals surface area (Å²) in [7, 11) is 0. The number of aromatic nitrogens is 1. The van der Waals surface area contributed by atoms with Gasteiger partial charge in [-0.25, -0.2) is 9.78 Å². The summed E-state index contributed by atoms with van der Waals surface area (Å²) in [6.45, 7) is 4.71. The van der Waals surface area contributed by atoms with Crippen LogP contribution in [-0.2, 0) is 9.59 Å². The van der Waals surface area contributed by atoms with Crippen molar-refractivity contribution in [3.05, 3.63) is 48.2 Å². The number of amides is 3. The molecule has 2 aromatic rings. The number of thioether (sulfide) groups is 1. The first-order valence-electron chi connectivity index (χ1n) is 11.7. The molecule has 0 saturated carbocycles. The fourth-order valence-corrected chi connectivity index (χ4v) is 4.72. The molecule has 1 aliphatic heterocycles. The monoisotopic (exact) mass is 514 g/mol. The normalized spacial score (nSPS) is 14.4. The van der Waals surface area contributed by atoms with Gasteiger partial charge in [-0.15, -0.1) is 11.8 Å². The summed E-state index contributed by atoms with van der Waals surface area (Å²) in [5.74, 6) is -2.10. The molecule has 3 rings (SSSR count). The maximum Gasteiger partial charge on any atom is 0.407 e. The molecule has 10 nitrogen and oxygen atoms in total. The zero-order chi connectivity index (χ0) is 26.2. The van der Waals surface area contributed by atoms with Crippen molar-refractivity contribution >= 4 is 35.6 Å². The van der Waals surface area contributed by atoms with Crippen molar-refractivity contribution in [2.75, 3.05) is 26.2 Å². The fraction of sp³-hybridized carbons (Fsp3) is 0.400. The van der Waals surface area contributed by atoms with Crippen LogP contribution in [0.3, 0.4) is 0 Å². The molecule has 1 fully saturated rings. The number of carboxylic acids is 1. The highest BCUT2D eigenvalue weighted by Crippen LogP contribution is 2.28. The van der Waals surface area contributed by atoms with Crippen LogP contribution in [-0.4, -0.2) is 86.3 Å². The van der Waals surface area contributed by atoms with E-state index in [0.717, 1.165) is 10.5 Å². The van der Waals surface area contributed by atoms with Crippen molar-refractivity contribution in [1.29, 1.82) is 0 Å². The number of carboxylic acid groups (broad SMARTS) is 2. The van der Waals surface area contributed by atoms with E-state index in [1.54, 1.807) is 17.8 Å². The Balaban J connectivity index is 1.83. The van der Waals surface area contributed by atoms with Crippen molar-refractivity contribution in [3.8, 4) is 11.3 Å². The molecule has 0 spiro atoms. The van der Waals surface area contributed by atoms with E-state index < -0.39 is 29.9 Å². The van der Waals surface area contributed by atoms with Gasteiger partial charge in [-0.2, -0.15) is 0 Å². The van der Waals surface area contributed by atoms with Gasteiger partial charge in [0.05, 0.1) is 5.69 Å². The Labute approximate surface area is 213 Å². The SMILES string of the molecule is CC(C)Sc1cc(C(=O)N[C@@H](CCC(=O)O)C(=O)N2CCN(C(=O)O)CC2)nc(-c2ccccc2)c1. The minimum atomic E-state index is -1.09. The molecular formula is C25H30N4O6S. The molecule has 0 bridgehead atoms. The van der Waals surface area contributed by atoms with Crippen LogP contribution in [0, 0.1) is 0 Å². The molecule has 3 amide bonds. The second kappa shape index (κ2) is 12.4. The summed E-state index contributed by atoms with van der Waals surface area (Å²) in [6.07, 6.45) is -1.46. The van der Waals surface area contributed by atoms with Crippen LogP contribution < -0.4 is 5.32 Å². The van der Waals surface area contributed by atoms with Crippen LogP contribution in [0.2, 0.25) is 0 Å². The molecule has 1 saturated heterocycles.